The molecule has 1 aromatic carbocycles. The zero-order valence-electron chi connectivity index (χ0n) is 12.6. The first-order valence-electron chi connectivity index (χ1n) is 7.34. The zero-order chi connectivity index (χ0) is 15.5. The minimum atomic E-state index is -0.330. The van der Waals surface area contributed by atoms with Gasteiger partial charge in [0, 0.05) is 11.6 Å². The third kappa shape index (κ3) is 2.35. The molecule has 3 aromatic rings. The molecule has 0 unspecified atom stereocenters. The zero-order valence-corrected chi connectivity index (χ0v) is 12.6. The first-order valence-corrected chi connectivity index (χ1v) is 7.34. The maximum Gasteiger partial charge on any atom is 0.341 e. The molecule has 0 amide bonds. The van der Waals surface area contributed by atoms with Crippen LogP contribution in [0.4, 0.5) is 0 Å². The van der Waals surface area contributed by atoms with Crippen molar-refractivity contribution in [2.75, 3.05) is 6.61 Å². The Kier molecular flexibility index (Phi) is 3.87. The molecule has 2 heterocycles. The topological polar surface area (TPSA) is 57.0 Å². The summed E-state index contributed by atoms with van der Waals surface area (Å²) in [4.78, 5) is 16.4. The van der Waals surface area contributed by atoms with Gasteiger partial charge < -0.3 is 4.74 Å². The molecule has 0 saturated heterocycles. The molecule has 0 atom stereocenters. The van der Waals surface area contributed by atoms with Crippen LogP contribution in [0.2, 0.25) is 0 Å². The van der Waals surface area contributed by atoms with E-state index in [2.05, 4.69) is 10.1 Å². The van der Waals surface area contributed by atoms with E-state index >= 15 is 0 Å². The van der Waals surface area contributed by atoms with Crippen LogP contribution in [0.3, 0.4) is 0 Å². The number of carbonyl (C=O) groups is 1. The molecule has 0 radical (unpaired) electrons. The van der Waals surface area contributed by atoms with E-state index in [1.165, 1.54) is 0 Å². The van der Waals surface area contributed by atoms with Gasteiger partial charge >= 0.3 is 5.97 Å². The molecule has 2 aromatic heterocycles. The average molecular weight is 295 g/mol. The van der Waals surface area contributed by atoms with Crippen molar-refractivity contribution in [2.45, 2.75) is 20.3 Å². The highest BCUT2D eigenvalue weighted by atomic mass is 16.5. The lowest BCUT2D eigenvalue weighted by Gasteiger charge is -2.10. The fourth-order valence-electron chi connectivity index (χ4n) is 2.57. The molecule has 0 fully saturated rings. The second kappa shape index (κ2) is 5.97. The predicted molar refractivity (Wildman–Crippen MR) is 84.2 cm³/mol. The molecule has 112 valence electrons. The van der Waals surface area contributed by atoms with Crippen molar-refractivity contribution in [3.63, 3.8) is 0 Å². The Bertz CT molecular complexity index is 818. The first-order chi connectivity index (χ1) is 10.8. The lowest BCUT2D eigenvalue weighted by Crippen LogP contribution is -2.09. The van der Waals surface area contributed by atoms with Crippen LogP contribution >= 0.6 is 0 Å². The van der Waals surface area contributed by atoms with Gasteiger partial charge in [-0.3, -0.25) is 4.98 Å². The number of ether oxygens (including phenoxy) is 1. The van der Waals surface area contributed by atoms with Gasteiger partial charge in [-0.05, 0) is 37.6 Å². The molecule has 0 aliphatic rings. The van der Waals surface area contributed by atoms with Gasteiger partial charge in [0.05, 0.1) is 29.7 Å². The van der Waals surface area contributed by atoms with Crippen LogP contribution in [-0.2, 0) is 11.2 Å². The van der Waals surface area contributed by atoms with Gasteiger partial charge in [0.2, 0.25) is 0 Å². The van der Waals surface area contributed by atoms with Crippen LogP contribution in [0.1, 0.15) is 29.9 Å². The lowest BCUT2D eigenvalue weighted by molar-refractivity contribution is 0.0525. The molecule has 22 heavy (non-hydrogen) atoms. The van der Waals surface area contributed by atoms with Crippen molar-refractivity contribution in [3.8, 4) is 5.69 Å². The molecular formula is C17H17N3O2. The Morgan fingerprint density at radius 1 is 1.23 bits per heavy atom. The van der Waals surface area contributed by atoms with Crippen molar-refractivity contribution in [3.05, 3.63) is 54.0 Å². The number of esters is 1. The molecule has 5 nitrogen and oxygen atoms in total. The van der Waals surface area contributed by atoms with Gasteiger partial charge in [-0.15, -0.1) is 0 Å². The number of benzene rings is 1. The fraction of sp³-hybridized carbons (Fsp3) is 0.235. The number of pyridine rings is 1. The summed E-state index contributed by atoms with van der Waals surface area (Å²) in [5.41, 5.74) is 3.17. The summed E-state index contributed by atoms with van der Waals surface area (Å²) in [5.74, 6) is -0.330. The summed E-state index contributed by atoms with van der Waals surface area (Å²) >= 11 is 0. The smallest absolute Gasteiger partial charge is 0.341 e. The standard InChI is InChI=1S/C17H17N3O2/c1-3-15-13(17(21)22-4-2)11-19-20(15)16-9-5-8-14-12(16)7-6-10-18-14/h5-11H,3-4H2,1-2H3. The van der Waals surface area contributed by atoms with Crippen molar-refractivity contribution in [1.29, 1.82) is 0 Å². The highest BCUT2D eigenvalue weighted by Crippen LogP contribution is 2.23. The summed E-state index contributed by atoms with van der Waals surface area (Å²) in [5, 5.41) is 5.40. The van der Waals surface area contributed by atoms with E-state index in [0.29, 0.717) is 18.6 Å². The molecule has 3 rings (SSSR count). The van der Waals surface area contributed by atoms with Crippen LogP contribution < -0.4 is 0 Å². The Balaban J connectivity index is 2.17. The van der Waals surface area contributed by atoms with Gasteiger partial charge in [-0.2, -0.15) is 5.10 Å². The first kappa shape index (κ1) is 14.3. The van der Waals surface area contributed by atoms with Crippen LogP contribution in [-0.4, -0.2) is 27.3 Å². The van der Waals surface area contributed by atoms with E-state index in [-0.39, 0.29) is 5.97 Å². The van der Waals surface area contributed by atoms with E-state index in [0.717, 1.165) is 22.3 Å². The maximum atomic E-state index is 12.0. The Morgan fingerprint density at radius 3 is 2.86 bits per heavy atom. The van der Waals surface area contributed by atoms with Crippen molar-refractivity contribution < 1.29 is 9.53 Å². The fourth-order valence-corrected chi connectivity index (χ4v) is 2.57. The van der Waals surface area contributed by atoms with E-state index < -0.39 is 0 Å². The summed E-state index contributed by atoms with van der Waals surface area (Å²) in [6.07, 6.45) is 4.02. The van der Waals surface area contributed by atoms with Gasteiger partial charge in [-0.25, -0.2) is 9.48 Å². The Morgan fingerprint density at radius 2 is 2.09 bits per heavy atom. The highest BCUT2D eigenvalue weighted by molar-refractivity contribution is 5.91. The largest absolute Gasteiger partial charge is 0.462 e. The molecule has 0 aliphatic heterocycles. The number of nitrogens with zero attached hydrogens (tertiary/aromatic N) is 3. The normalized spacial score (nSPS) is 10.8. The molecule has 0 aliphatic carbocycles. The van der Waals surface area contributed by atoms with Crippen LogP contribution in [0.15, 0.2) is 42.7 Å². The number of carbonyl (C=O) groups excluding carboxylic acids is 1. The van der Waals surface area contributed by atoms with Crippen LogP contribution in [0.25, 0.3) is 16.6 Å². The summed E-state index contributed by atoms with van der Waals surface area (Å²) in [6, 6.07) is 9.77. The van der Waals surface area contributed by atoms with E-state index in [1.54, 1.807) is 24.0 Å². The third-order valence-electron chi connectivity index (χ3n) is 3.55. The lowest BCUT2D eigenvalue weighted by atomic mass is 10.1. The molecule has 5 heteroatoms. The van der Waals surface area contributed by atoms with E-state index in [4.69, 9.17) is 4.74 Å². The van der Waals surface area contributed by atoms with Crippen molar-refractivity contribution in [1.82, 2.24) is 14.8 Å². The summed E-state index contributed by atoms with van der Waals surface area (Å²) in [7, 11) is 0. The Hall–Kier alpha value is -2.69. The van der Waals surface area contributed by atoms with Crippen molar-refractivity contribution >= 4 is 16.9 Å². The number of fused-ring (bicyclic) bond motifs is 1. The number of rotatable bonds is 4. The molecular weight excluding hydrogens is 278 g/mol. The molecule has 0 spiro atoms. The van der Waals surface area contributed by atoms with Crippen molar-refractivity contribution in [2.24, 2.45) is 0 Å². The number of hydrogen-bond acceptors (Lipinski definition) is 4. The van der Waals surface area contributed by atoms with Crippen LogP contribution in [0, 0.1) is 0 Å². The molecule has 0 saturated carbocycles. The molecule has 0 N–H and O–H groups in total. The van der Waals surface area contributed by atoms with Gasteiger partial charge in [0.25, 0.3) is 0 Å². The average Bonchev–Trinajstić information content (AvgIpc) is 2.98. The number of aromatic nitrogens is 3. The monoisotopic (exact) mass is 295 g/mol. The van der Waals surface area contributed by atoms with E-state index in [9.17, 15) is 4.79 Å². The summed E-state index contributed by atoms with van der Waals surface area (Å²) in [6.45, 7) is 4.15. The maximum absolute atomic E-state index is 12.0. The quantitative estimate of drug-likeness (QED) is 0.694. The highest BCUT2D eigenvalue weighted by Gasteiger charge is 2.19. The molecule has 0 bridgehead atoms. The van der Waals surface area contributed by atoms with Gasteiger partial charge in [0.1, 0.15) is 5.56 Å². The minimum absolute atomic E-state index is 0.330. The third-order valence-corrected chi connectivity index (χ3v) is 3.55. The Labute approximate surface area is 128 Å². The second-order valence-corrected chi connectivity index (χ2v) is 4.84. The summed E-state index contributed by atoms with van der Waals surface area (Å²) < 4.78 is 6.90. The minimum Gasteiger partial charge on any atom is -0.462 e. The van der Waals surface area contributed by atoms with Crippen LogP contribution in [0.5, 0.6) is 0 Å². The predicted octanol–water partition coefficient (Wildman–Crippen LogP) is 3.16. The van der Waals surface area contributed by atoms with Gasteiger partial charge in [-0.1, -0.05) is 13.0 Å². The van der Waals surface area contributed by atoms with Gasteiger partial charge in [0.15, 0.2) is 0 Å². The van der Waals surface area contributed by atoms with E-state index in [1.807, 2.05) is 37.3 Å². The number of hydrogen-bond donors (Lipinski definition) is 0. The second-order valence-electron chi connectivity index (χ2n) is 4.84. The SMILES string of the molecule is CCOC(=O)c1cnn(-c2cccc3ncccc23)c1CC.